The number of anilines is 2. The highest BCUT2D eigenvalue weighted by atomic mass is 16.5. The quantitative estimate of drug-likeness (QED) is 0.366. The fraction of sp³-hybridized carbons (Fsp3) is 0.280. The van der Waals surface area contributed by atoms with Crippen LogP contribution in [0.1, 0.15) is 32.1 Å². The maximum atomic E-state index is 6.05. The molecule has 5 rings (SSSR count). The summed E-state index contributed by atoms with van der Waals surface area (Å²) in [6, 6.07) is 11.8. The van der Waals surface area contributed by atoms with E-state index in [9.17, 15) is 0 Å². The summed E-state index contributed by atoms with van der Waals surface area (Å²) in [7, 11) is 0. The number of hydrogen-bond acceptors (Lipinski definition) is 7. The van der Waals surface area contributed by atoms with Crippen LogP contribution in [-0.2, 0) is 0 Å². The summed E-state index contributed by atoms with van der Waals surface area (Å²) in [6.07, 6.45) is 12.9. The molecule has 0 unspecified atom stereocenters. The zero-order valence-electron chi connectivity index (χ0n) is 17.8. The summed E-state index contributed by atoms with van der Waals surface area (Å²) in [6.45, 7) is 1.28. The Morgan fingerprint density at radius 1 is 0.844 bits per heavy atom. The number of nitrogens with zero attached hydrogens (tertiary/aromatic N) is 4. The van der Waals surface area contributed by atoms with Gasteiger partial charge in [0.05, 0.1) is 24.1 Å². The molecule has 0 amide bonds. The van der Waals surface area contributed by atoms with Crippen molar-refractivity contribution in [1.29, 1.82) is 0 Å². The van der Waals surface area contributed by atoms with Crippen LogP contribution in [0, 0.1) is 0 Å². The average molecular weight is 428 g/mol. The summed E-state index contributed by atoms with van der Waals surface area (Å²) < 4.78 is 12.0. The molecule has 1 aliphatic rings. The molecule has 4 aromatic rings. The first-order chi connectivity index (χ1) is 15.9. The average Bonchev–Trinajstić information content (AvgIpc) is 2.82. The number of allylic oxidation sites excluding steroid dienone is 2. The largest absolute Gasteiger partial charge is 0.491 e. The lowest BCUT2D eigenvalue weighted by Crippen LogP contribution is -2.02. The van der Waals surface area contributed by atoms with Crippen molar-refractivity contribution in [2.45, 2.75) is 32.1 Å². The second-order valence-electron chi connectivity index (χ2n) is 7.73. The molecule has 1 aliphatic heterocycles. The van der Waals surface area contributed by atoms with Crippen LogP contribution in [0.3, 0.4) is 0 Å². The zero-order valence-corrected chi connectivity index (χ0v) is 17.8. The van der Waals surface area contributed by atoms with Gasteiger partial charge in [0.1, 0.15) is 17.6 Å². The van der Waals surface area contributed by atoms with E-state index in [1.165, 1.54) is 0 Å². The van der Waals surface area contributed by atoms with Crippen LogP contribution in [-0.4, -0.2) is 33.1 Å². The van der Waals surface area contributed by atoms with E-state index in [-0.39, 0.29) is 0 Å². The highest BCUT2D eigenvalue weighted by Crippen LogP contribution is 2.28. The molecule has 2 aromatic heterocycles. The summed E-state index contributed by atoms with van der Waals surface area (Å²) >= 11 is 0. The van der Waals surface area contributed by atoms with Crippen molar-refractivity contribution in [3.63, 3.8) is 0 Å². The Morgan fingerprint density at radius 2 is 1.75 bits per heavy atom. The van der Waals surface area contributed by atoms with E-state index >= 15 is 0 Å². The zero-order chi connectivity index (χ0) is 21.6. The van der Waals surface area contributed by atoms with Gasteiger partial charge in [-0.2, -0.15) is 0 Å². The van der Waals surface area contributed by atoms with E-state index < -0.39 is 0 Å². The minimum Gasteiger partial charge on any atom is -0.491 e. The van der Waals surface area contributed by atoms with Gasteiger partial charge in [-0.15, -0.1) is 0 Å². The predicted octanol–water partition coefficient (Wildman–Crippen LogP) is 5.59. The molecule has 0 atom stereocenters. The molecule has 7 nitrogen and oxygen atoms in total. The van der Waals surface area contributed by atoms with Gasteiger partial charge in [-0.05, 0) is 56.4 Å². The second kappa shape index (κ2) is 9.60. The molecule has 0 saturated carbocycles. The van der Waals surface area contributed by atoms with Gasteiger partial charge in [-0.25, -0.2) is 19.9 Å². The number of ether oxygens (including phenoxy) is 2. The minimum absolute atomic E-state index is 0.504. The van der Waals surface area contributed by atoms with Crippen molar-refractivity contribution >= 4 is 33.4 Å². The van der Waals surface area contributed by atoms with Crippen molar-refractivity contribution in [3.05, 3.63) is 61.1 Å². The lowest BCUT2D eigenvalue weighted by molar-refractivity contribution is 0.299. The van der Waals surface area contributed by atoms with Crippen molar-refractivity contribution in [2.75, 3.05) is 18.5 Å². The lowest BCUT2D eigenvalue weighted by atomic mass is 10.2. The van der Waals surface area contributed by atoms with Crippen LogP contribution in [0.4, 0.5) is 11.6 Å². The molecule has 0 spiro atoms. The third-order valence-electron chi connectivity index (χ3n) is 5.37. The van der Waals surface area contributed by atoms with Crippen LogP contribution in [0.2, 0.25) is 0 Å². The summed E-state index contributed by atoms with van der Waals surface area (Å²) in [4.78, 5) is 17.9. The van der Waals surface area contributed by atoms with Gasteiger partial charge in [0.2, 0.25) is 11.8 Å². The van der Waals surface area contributed by atoms with Gasteiger partial charge in [-0.1, -0.05) is 24.3 Å². The number of para-hydroxylation sites is 1. The van der Waals surface area contributed by atoms with Crippen LogP contribution in [0.25, 0.3) is 21.8 Å². The number of benzene rings is 2. The molecule has 4 bridgehead atoms. The van der Waals surface area contributed by atoms with Crippen molar-refractivity contribution in [2.24, 2.45) is 0 Å². The standard InChI is InChI=1S/C25H25N5O2/c1-2-4-6-13-31-22-10-8-9-18-16-26-25(30-23(18)22)29-19-11-12-21-20(15-19)24(28-17-27-21)32-14-7-5-3-1/h1-2,8-12,15-17H,3-7,13-14H2,(H,26,29,30)/b2-1-. The van der Waals surface area contributed by atoms with Crippen LogP contribution in [0.15, 0.2) is 61.1 Å². The fourth-order valence-electron chi connectivity index (χ4n) is 3.71. The topological polar surface area (TPSA) is 82.1 Å². The maximum Gasteiger partial charge on any atom is 0.227 e. The molecule has 3 heterocycles. The molecular formula is C25H25N5O2. The molecule has 1 N–H and O–H groups in total. The van der Waals surface area contributed by atoms with Gasteiger partial charge in [0, 0.05) is 17.3 Å². The van der Waals surface area contributed by atoms with Crippen LogP contribution < -0.4 is 14.8 Å². The molecule has 0 saturated heterocycles. The Morgan fingerprint density at radius 3 is 2.72 bits per heavy atom. The van der Waals surface area contributed by atoms with E-state index in [1.54, 1.807) is 6.33 Å². The van der Waals surface area contributed by atoms with E-state index in [2.05, 4.69) is 32.4 Å². The first-order valence-electron chi connectivity index (χ1n) is 11.0. The third kappa shape index (κ3) is 4.61. The molecule has 7 heteroatoms. The number of rotatable bonds is 0. The maximum absolute atomic E-state index is 6.05. The highest BCUT2D eigenvalue weighted by molar-refractivity contribution is 5.88. The first-order valence-corrected chi connectivity index (χ1v) is 11.0. The lowest BCUT2D eigenvalue weighted by Gasteiger charge is -2.11. The van der Waals surface area contributed by atoms with E-state index in [1.807, 2.05) is 42.6 Å². The molecular weight excluding hydrogens is 402 g/mol. The number of hydrogen-bond donors (Lipinski definition) is 1. The molecule has 32 heavy (non-hydrogen) atoms. The van der Waals surface area contributed by atoms with E-state index in [0.29, 0.717) is 25.0 Å². The van der Waals surface area contributed by atoms with E-state index in [0.717, 1.165) is 65.3 Å². The second-order valence-corrected chi connectivity index (χ2v) is 7.73. The SMILES string of the molecule is C1=C\CCCOc2cccc3cnc(nc23)Nc2ccc3ncnc(c3c2)OCCCC/1. The van der Waals surface area contributed by atoms with Gasteiger partial charge >= 0.3 is 0 Å². The number of aromatic nitrogens is 4. The van der Waals surface area contributed by atoms with Gasteiger partial charge in [0.15, 0.2) is 0 Å². The van der Waals surface area contributed by atoms with Crippen LogP contribution >= 0.6 is 0 Å². The summed E-state index contributed by atoms with van der Waals surface area (Å²) in [5.74, 6) is 1.87. The molecule has 0 radical (unpaired) electrons. The molecule has 0 aliphatic carbocycles. The molecule has 2 aromatic carbocycles. The van der Waals surface area contributed by atoms with Gasteiger partial charge < -0.3 is 14.8 Å². The molecule has 0 fully saturated rings. The number of fused-ring (bicyclic) bond motifs is 2. The number of nitrogens with one attached hydrogen (secondary N) is 1. The Balaban J connectivity index is 1.50. The van der Waals surface area contributed by atoms with Crippen molar-refractivity contribution in [1.82, 2.24) is 19.9 Å². The van der Waals surface area contributed by atoms with Crippen molar-refractivity contribution in [3.8, 4) is 11.6 Å². The Bertz CT molecular complexity index is 1260. The first kappa shape index (κ1) is 20.2. The smallest absolute Gasteiger partial charge is 0.227 e. The summed E-state index contributed by atoms with van der Waals surface area (Å²) in [5.41, 5.74) is 2.47. The van der Waals surface area contributed by atoms with Gasteiger partial charge in [0.25, 0.3) is 0 Å². The Hall–Kier alpha value is -3.74. The van der Waals surface area contributed by atoms with Crippen LogP contribution in [0.5, 0.6) is 11.6 Å². The fourth-order valence-corrected chi connectivity index (χ4v) is 3.71. The minimum atomic E-state index is 0.504. The monoisotopic (exact) mass is 427 g/mol. The normalized spacial score (nSPS) is 16.2. The predicted molar refractivity (Wildman–Crippen MR) is 126 cm³/mol. The Kier molecular flexibility index (Phi) is 6.05. The molecule has 162 valence electrons. The summed E-state index contributed by atoms with van der Waals surface area (Å²) in [5, 5.41) is 5.10. The Labute approximate surface area is 186 Å². The van der Waals surface area contributed by atoms with E-state index in [4.69, 9.17) is 14.5 Å². The van der Waals surface area contributed by atoms with Gasteiger partial charge in [-0.3, -0.25) is 0 Å². The highest BCUT2D eigenvalue weighted by Gasteiger charge is 2.10. The third-order valence-corrected chi connectivity index (χ3v) is 5.37. The van der Waals surface area contributed by atoms with Crippen molar-refractivity contribution < 1.29 is 9.47 Å².